The van der Waals surface area contributed by atoms with Gasteiger partial charge in [-0.25, -0.2) is 9.59 Å². The maximum atomic E-state index is 13.2. The summed E-state index contributed by atoms with van der Waals surface area (Å²) in [7, 11) is 0. The van der Waals surface area contributed by atoms with Crippen LogP contribution in [0.3, 0.4) is 0 Å². The number of urea groups is 1. The van der Waals surface area contributed by atoms with E-state index < -0.39 is 24.2 Å². The van der Waals surface area contributed by atoms with Crippen molar-refractivity contribution in [3.8, 4) is 5.75 Å². The van der Waals surface area contributed by atoms with Crippen LogP contribution in [0.15, 0.2) is 76.1 Å². The Kier molecular flexibility index (Phi) is 12.0. The van der Waals surface area contributed by atoms with Gasteiger partial charge in [0.05, 0.1) is 16.8 Å². The van der Waals surface area contributed by atoms with Gasteiger partial charge < -0.3 is 35.0 Å². The average Bonchev–Trinajstić information content (AvgIpc) is 3.34. The predicted octanol–water partition coefficient (Wildman–Crippen LogP) is 3.68. The molecule has 11 nitrogen and oxygen atoms in total. The van der Waals surface area contributed by atoms with Crippen LogP contribution < -0.4 is 5.32 Å². The number of aromatic hydroxyl groups is 1. The topological polar surface area (TPSA) is 135 Å². The molecule has 12 heteroatoms. The van der Waals surface area contributed by atoms with Crippen LogP contribution in [0.4, 0.5) is 9.59 Å². The summed E-state index contributed by atoms with van der Waals surface area (Å²) in [6.07, 6.45) is 9.38. The van der Waals surface area contributed by atoms with Crippen molar-refractivity contribution in [3.05, 3.63) is 76.6 Å². The van der Waals surface area contributed by atoms with Crippen molar-refractivity contribution in [2.24, 2.45) is 4.99 Å². The number of aliphatic hydroxyl groups excluding tert-OH is 1. The molecular weight excluding hydrogens is 630 g/mol. The molecule has 3 saturated heterocycles. The highest BCUT2D eigenvalue weighted by molar-refractivity contribution is 9.10. The molecule has 3 heterocycles. The SMILES string of the molecule is C=C/C=C\C=C1\CCN(C2CCN(C(=O)O[C@H](Cc3ccc(O)c(Br)c3)C(=O)N=C=C=CN3CCC(O)C3)CC2)C(=O)NC1. The minimum atomic E-state index is -1.23. The molecule has 0 spiro atoms. The molecule has 0 aliphatic carbocycles. The lowest BCUT2D eigenvalue weighted by atomic mass is 10.0. The summed E-state index contributed by atoms with van der Waals surface area (Å²) in [4.78, 5) is 48.1. The molecule has 3 aliphatic heterocycles. The number of hydrogen-bond acceptors (Lipinski definition) is 7. The second-order valence-electron chi connectivity index (χ2n) is 10.9. The Morgan fingerprint density at radius 3 is 2.70 bits per heavy atom. The fraction of sp³-hybridized carbons (Fsp3) is 0.438. The largest absolute Gasteiger partial charge is 0.507 e. The van der Waals surface area contributed by atoms with E-state index in [1.807, 2.05) is 28.0 Å². The number of benzene rings is 1. The number of phenols is 1. The quantitative estimate of drug-likeness (QED) is 0.219. The lowest BCUT2D eigenvalue weighted by Crippen LogP contribution is -2.51. The highest BCUT2D eigenvalue weighted by Crippen LogP contribution is 2.26. The molecule has 1 aromatic rings. The maximum absolute atomic E-state index is 13.2. The van der Waals surface area contributed by atoms with Gasteiger partial charge in [-0.05, 0) is 70.6 Å². The van der Waals surface area contributed by atoms with Crippen LogP contribution >= 0.6 is 15.9 Å². The van der Waals surface area contributed by atoms with Crippen molar-refractivity contribution in [2.75, 3.05) is 39.3 Å². The van der Waals surface area contributed by atoms with E-state index in [4.69, 9.17) is 4.74 Å². The van der Waals surface area contributed by atoms with E-state index in [9.17, 15) is 24.6 Å². The van der Waals surface area contributed by atoms with E-state index in [0.717, 1.165) is 12.0 Å². The standard InChI is InChI=1S/C32H38BrN5O6/c1-2-3-4-6-23-9-18-38(31(42)35-21-23)25-10-16-37(17-11-25)32(43)44-29(20-24-7-8-28(40)27(33)19-24)30(41)34-13-5-14-36-15-12-26(39)22-36/h2-4,6-8,14,19,25-26,29,39-40H,1,9-12,15-18,20-22H2,(H,35,42)/b4-3-,23-6-/t26?,29-/m1/s1. The lowest BCUT2D eigenvalue weighted by Gasteiger charge is -2.37. The van der Waals surface area contributed by atoms with Crippen LogP contribution in [0.1, 0.15) is 31.2 Å². The van der Waals surface area contributed by atoms with Crippen LogP contribution in [-0.2, 0) is 16.0 Å². The van der Waals surface area contributed by atoms with Gasteiger partial charge in [0.1, 0.15) is 5.75 Å². The summed E-state index contributed by atoms with van der Waals surface area (Å²) in [5.41, 5.74) is 4.48. The first kappa shape index (κ1) is 32.8. The van der Waals surface area contributed by atoms with Crippen molar-refractivity contribution in [2.45, 2.75) is 50.4 Å². The third-order valence-corrected chi connectivity index (χ3v) is 8.40. The summed E-state index contributed by atoms with van der Waals surface area (Å²) in [5.74, 6) is 1.82. The summed E-state index contributed by atoms with van der Waals surface area (Å²) in [6.45, 7) is 6.64. The molecule has 4 amide bonds. The number of phenolic OH excluding ortho intramolecular Hbond substituents is 1. The number of aliphatic imine (C=N–C) groups is 1. The number of amides is 4. The number of β-amino-alcohol motifs (C(OH)–C–C–N with tert-alkyl or cyclic N) is 1. The second-order valence-corrected chi connectivity index (χ2v) is 11.8. The number of nitrogens with zero attached hydrogens (tertiary/aromatic N) is 4. The molecule has 4 rings (SSSR count). The van der Waals surface area contributed by atoms with Gasteiger partial charge in [-0.3, -0.25) is 4.79 Å². The van der Waals surface area contributed by atoms with E-state index in [1.54, 1.807) is 29.3 Å². The third-order valence-electron chi connectivity index (χ3n) is 7.77. The Morgan fingerprint density at radius 2 is 2.00 bits per heavy atom. The first-order valence-electron chi connectivity index (χ1n) is 14.7. The number of halogens is 1. The molecule has 0 radical (unpaired) electrons. The second kappa shape index (κ2) is 16.1. The van der Waals surface area contributed by atoms with Crippen LogP contribution in [0, 0.1) is 0 Å². The molecule has 44 heavy (non-hydrogen) atoms. The summed E-state index contributed by atoms with van der Waals surface area (Å²) < 4.78 is 6.13. The maximum Gasteiger partial charge on any atom is 0.410 e. The van der Waals surface area contributed by atoms with E-state index in [2.05, 4.69) is 44.4 Å². The van der Waals surface area contributed by atoms with Crippen LogP contribution in [0.25, 0.3) is 0 Å². The zero-order valence-electron chi connectivity index (χ0n) is 24.5. The van der Waals surface area contributed by atoms with Crippen molar-refractivity contribution in [1.82, 2.24) is 20.0 Å². The first-order chi connectivity index (χ1) is 21.2. The number of carbonyl (C=O) groups is 3. The molecule has 0 bridgehead atoms. The lowest BCUT2D eigenvalue weighted by molar-refractivity contribution is -0.126. The zero-order chi connectivity index (χ0) is 31.5. The van der Waals surface area contributed by atoms with Gasteiger partial charge in [0.25, 0.3) is 5.91 Å². The van der Waals surface area contributed by atoms with Gasteiger partial charge in [0.2, 0.25) is 0 Å². The van der Waals surface area contributed by atoms with Crippen molar-refractivity contribution < 1.29 is 29.3 Å². The van der Waals surface area contributed by atoms with E-state index in [0.29, 0.717) is 68.6 Å². The number of likely N-dealkylation sites (tertiary alicyclic amines) is 2. The first-order valence-corrected chi connectivity index (χ1v) is 15.5. The molecule has 234 valence electrons. The molecule has 2 atom stereocenters. The Labute approximate surface area is 265 Å². The van der Waals surface area contributed by atoms with Crippen LogP contribution in [-0.4, -0.2) is 106 Å². The molecule has 3 aliphatic rings. The summed E-state index contributed by atoms with van der Waals surface area (Å²) >= 11 is 3.27. The molecule has 3 N–H and O–H groups in total. The summed E-state index contributed by atoms with van der Waals surface area (Å²) in [6, 6.07) is 4.64. The third kappa shape index (κ3) is 9.46. The number of nitrogens with one attached hydrogen (secondary N) is 1. The summed E-state index contributed by atoms with van der Waals surface area (Å²) in [5, 5.41) is 22.5. The number of aliphatic hydroxyl groups is 1. The monoisotopic (exact) mass is 667 g/mol. The minimum Gasteiger partial charge on any atom is -0.507 e. The van der Waals surface area contributed by atoms with Crippen molar-refractivity contribution in [3.63, 3.8) is 0 Å². The Balaban J connectivity index is 1.38. The predicted molar refractivity (Wildman–Crippen MR) is 169 cm³/mol. The normalized spacial score (nSPS) is 20.9. The average molecular weight is 669 g/mol. The smallest absolute Gasteiger partial charge is 0.410 e. The Hall–Kier alpha value is -4.08. The van der Waals surface area contributed by atoms with Gasteiger partial charge in [0.15, 0.2) is 6.10 Å². The Morgan fingerprint density at radius 1 is 1.20 bits per heavy atom. The molecule has 0 saturated carbocycles. The number of carbonyl (C=O) groups excluding carboxylic acids is 3. The molecule has 1 aromatic carbocycles. The van der Waals surface area contributed by atoms with Gasteiger partial charge in [-0.15, -0.1) is 0 Å². The fourth-order valence-electron chi connectivity index (χ4n) is 5.30. The number of piperidine rings is 1. The Bertz CT molecular complexity index is 1390. The molecule has 0 aromatic heterocycles. The molecule has 1 unspecified atom stereocenters. The van der Waals surface area contributed by atoms with E-state index in [-0.39, 0.29) is 24.2 Å². The number of hydrogen-bond donors (Lipinski definition) is 3. The highest BCUT2D eigenvalue weighted by Gasteiger charge is 2.33. The molecule has 3 fully saturated rings. The fourth-order valence-corrected chi connectivity index (χ4v) is 5.72. The van der Waals surface area contributed by atoms with Crippen LogP contribution in [0.2, 0.25) is 0 Å². The number of rotatable bonds is 8. The highest BCUT2D eigenvalue weighted by atomic mass is 79.9. The van der Waals surface area contributed by atoms with Crippen LogP contribution in [0.5, 0.6) is 5.75 Å². The van der Waals surface area contributed by atoms with Gasteiger partial charge in [-0.1, -0.05) is 36.9 Å². The van der Waals surface area contributed by atoms with Crippen molar-refractivity contribution in [1.29, 1.82) is 0 Å². The van der Waals surface area contributed by atoms with E-state index in [1.165, 1.54) is 6.07 Å². The van der Waals surface area contributed by atoms with Gasteiger partial charge in [-0.2, -0.15) is 4.99 Å². The minimum absolute atomic E-state index is 0.0212. The number of ether oxygens (including phenoxy) is 1. The van der Waals surface area contributed by atoms with Gasteiger partial charge >= 0.3 is 12.1 Å². The van der Waals surface area contributed by atoms with Gasteiger partial charge in [0, 0.05) is 57.6 Å². The number of allylic oxidation sites excluding steroid dienone is 4. The molecular formula is C32H38BrN5O6. The van der Waals surface area contributed by atoms with Crippen molar-refractivity contribution >= 4 is 39.8 Å². The zero-order valence-corrected chi connectivity index (χ0v) is 26.1. The van der Waals surface area contributed by atoms with E-state index >= 15 is 0 Å².